The summed E-state index contributed by atoms with van der Waals surface area (Å²) in [6.45, 7) is 1.57. The molecule has 0 radical (unpaired) electrons. The lowest BCUT2D eigenvalue weighted by Crippen LogP contribution is -2.22. The highest BCUT2D eigenvalue weighted by Crippen LogP contribution is 2.00. The van der Waals surface area contributed by atoms with Crippen LogP contribution in [0.25, 0.3) is 0 Å². The fourth-order valence-electron chi connectivity index (χ4n) is 1.38. The van der Waals surface area contributed by atoms with Gasteiger partial charge in [0.2, 0.25) is 0 Å². The molecule has 1 rings (SSSR count). The van der Waals surface area contributed by atoms with Crippen molar-refractivity contribution in [2.45, 2.75) is 19.4 Å². The van der Waals surface area contributed by atoms with E-state index in [-0.39, 0.29) is 5.97 Å². The minimum absolute atomic E-state index is 0.160. The molecule has 0 unspecified atom stereocenters. The van der Waals surface area contributed by atoms with E-state index in [0.717, 1.165) is 25.3 Å². The molecule has 0 aliphatic rings. The highest BCUT2D eigenvalue weighted by molar-refractivity contribution is 5.69. The molecular weight excluding hydrogens is 208 g/mol. The molecular formula is C10H18N4O2. The first-order valence-corrected chi connectivity index (χ1v) is 5.21. The van der Waals surface area contributed by atoms with E-state index < -0.39 is 0 Å². The standard InChI is InChI=1S/C10H18N4O2/c1-13(6-4-5-10(15)16-3)7-9-11-8-12-14(9)2/h8H,4-7H2,1-3H3. The van der Waals surface area contributed by atoms with E-state index in [4.69, 9.17) is 0 Å². The lowest BCUT2D eigenvalue weighted by atomic mass is 10.3. The Morgan fingerprint density at radius 1 is 1.62 bits per heavy atom. The van der Waals surface area contributed by atoms with Crippen LogP contribution in [0.5, 0.6) is 0 Å². The van der Waals surface area contributed by atoms with E-state index in [1.54, 1.807) is 4.68 Å². The summed E-state index contributed by atoms with van der Waals surface area (Å²) in [4.78, 5) is 17.1. The van der Waals surface area contributed by atoms with Gasteiger partial charge in [0.05, 0.1) is 13.7 Å². The summed E-state index contributed by atoms with van der Waals surface area (Å²) in [6, 6.07) is 0. The molecule has 0 aliphatic heterocycles. The Labute approximate surface area is 95.2 Å². The second-order valence-corrected chi connectivity index (χ2v) is 3.72. The van der Waals surface area contributed by atoms with Crippen molar-refractivity contribution in [1.82, 2.24) is 19.7 Å². The fraction of sp³-hybridized carbons (Fsp3) is 0.700. The molecule has 0 saturated heterocycles. The molecule has 1 aromatic rings. The number of esters is 1. The van der Waals surface area contributed by atoms with Crippen LogP contribution < -0.4 is 0 Å². The zero-order valence-corrected chi connectivity index (χ0v) is 10.0. The molecule has 6 nitrogen and oxygen atoms in total. The Bertz CT molecular complexity index is 337. The number of hydrogen-bond acceptors (Lipinski definition) is 5. The Balaban J connectivity index is 2.24. The van der Waals surface area contributed by atoms with Gasteiger partial charge in [-0.2, -0.15) is 5.10 Å². The Morgan fingerprint density at radius 3 is 2.94 bits per heavy atom. The summed E-state index contributed by atoms with van der Waals surface area (Å²) in [5.74, 6) is 0.757. The number of carbonyl (C=O) groups is 1. The quantitative estimate of drug-likeness (QED) is 0.648. The molecule has 0 aliphatic carbocycles. The molecule has 0 fully saturated rings. The van der Waals surface area contributed by atoms with Gasteiger partial charge < -0.3 is 4.74 Å². The first-order valence-electron chi connectivity index (χ1n) is 5.21. The molecule has 1 aromatic heterocycles. The maximum absolute atomic E-state index is 10.9. The van der Waals surface area contributed by atoms with Crippen molar-refractivity contribution < 1.29 is 9.53 Å². The molecule has 0 saturated carbocycles. The average molecular weight is 226 g/mol. The number of aromatic nitrogens is 3. The summed E-state index contributed by atoms with van der Waals surface area (Å²) >= 11 is 0. The molecule has 0 spiro atoms. The minimum atomic E-state index is -0.160. The molecule has 90 valence electrons. The van der Waals surface area contributed by atoms with E-state index in [0.29, 0.717) is 6.42 Å². The van der Waals surface area contributed by atoms with Gasteiger partial charge >= 0.3 is 5.97 Å². The van der Waals surface area contributed by atoms with Gasteiger partial charge in [-0.1, -0.05) is 0 Å². The van der Waals surface area contributed by atoms with E-state index in [1.165, 1.54) is 13.4 Å². The van der Waals surface area contributed by atoms with Crippen molar-refractivity contribution in [2.75, 3.05) is 20.7 Å². The van der Waals surface area contributed by atoms with Crippen molar-refractivity contribution in [2.24, 2.45) is 7.05 Å². The van der Waals surface area contributed by atoms with Gasteiger partial charge in [-0.15, -0.1) is 0 Å². The first-order chi connectivity index (χ1) is 7.63. The maximum atomic E-state index is 10.9. The maximum Gasteiger partial charge on any atom is 0.305 e. The smallest absolute Gasteiger partial charge is 0.305 e. The molecule has 0 bridgehead atoms. The molecule has 0 N–H and O–H groups in total. The van der Waals surface area contributed by atoms with Crippen LogP contribution in [-0.2, 0) is 23.1 Å². The normalized spacial score (nSPS) is 10.8. The van der Waals surface area contributed by atoms with Crippen molar-refractivity contribution in [3.05, 3.63) is 12.2 Å². The van der Waals surface area contributed by atoms with Crippen LogP contribution in [0.3, 0.4) is 0 Å². The van der Waals surface area contributed by atoms with Gasteiger partial charge in [0.1, 0.15) is 12.2 Å². The van der Waals surface area contributed by atoms with Gasteiger partial charge in [-0.05, 0) is 20.0 Å². The van der Waals surface area contributed by atoms with Gasteiger partial charge in [-0.3, -0.25) is 14.4 Å². The predicted octanol–water partition coefficient (Wildman–Crippen LogP) is 0.200. The van der Waals surface area contributed by atoms with Crippen molar-refractivity contribution in [3.8, 4) is 0 Å². The molecule has 0 amide bonds. The molecule has 1 heterocycles. The van der Waals surface area contributed by atoms with E-state index in [9.17, 15) is 4.79 Å². The Kier molecular flexibility index (Phi) is 4.91. The highest BCUT2D eigenvalue weighted by Gasteiger charge is 2.06. The third kappa shape index (κ3) is 3.98. The van der Waals surface area contributed by atoms with Crippen LogP contribution >= 0.6 is 0 Å². The topological polar surface area (TPSA) is 60.2 Å². The summed E-state index contributed by atoms with van der Waals surface area (Å²) < 4.78 is 6.32. The predicted molar refractivity (Wildman–Crippen MR) is 58.6 cm³/mol. The lowest BCUT2D eigenvalue weighted by molar-refractivity contribution is -0.140. The van der Waals surface area contributed by atoms with Gasteiger partial charge in [0.15, 0.2) is 0 Å². The van der Waals surface area contributed by atoms with Crippen LogP contribution in [-0.4, -0.2) is 46.3 Å². The van der Waals surface area contributed by atoms with Crippen molar-refractivity contribution in [1.29, 1.82) is 0 Å². The SMILES string of the molecule is COC(=O)CCCN(C)Cc1ncnn1C. The zero-order chi connectivity index (χ0) is 12.0. The van der Waals surface area contributed by atoms with Crippen molar-refractivity contribution >= 4 is 5.97 Å². The number of ether oxygens (including phenoxy) is 1. The van der Waals surface area contributed by atoms with Crippen LogP contribution in [0.1, 0.15) is 18.7 Å². The second kappa shape index (κ2) is 6.22. The van der Waals surface area contributed by atoms with Crippen LogP contribution in [0.4, 0.5) is 0 Å². The van der Waals surface area contributed by atoms with E-state index in [2.05, 4.69) is 19.7 Å². The van der Waals surface area contributed by atoms with Crippen LogP contribution in [0, 0.1) is 0 Å². The van der Waals surface area contributed by atoms with E-state index >= 15 is 0 Å². The zero-order valence-electron chi connectivity index (χ0n) is 10.0. The Morgan fingerprint density at radius 2 is 2.38 bits per heavy atom. The van der Waals surface area contributed by atoms with E-state index in [1.807, 2.05) is 14.1 Å². The monoisotopic (exact) mass is 226 g/mol. The number of nitrogens with zero attached hydrogens (tertiary/aromatic N) is 4. The third-order valence-corrected chi connectivity index (χ3v) is 2.36. The molecule has 16 heavy (non-hydrogen) atoms. The number of aryl methyl sites for hydroxylation is 1. The van der Waals surface area contributed by atoms with Crippen molar-refractivity contribution in [3.63, 3.8) is 0 Å². The third-order valence-electron chi connectivity index (χ3n) is 2.36. The first kappa shape index (κ1) is 12.6. The van der Waals surface area contributed by atoms with Gasteiger partial charge in [0.25, 0.3) is 0 Å². The number of carbonyl (C=O) groups excluding carboxylic acids is 1. The summed E-state index contributed by atoms with van der Waals surface area (Å²) in [5.41, 5.74) is 0. The average Bonchev–Trinajstić information content (AvgIpc) is 2.64. The van der Waals surface area contributed by atoms with Gasteiger partial charge in [0, 0.05) is 13.5 Å². The largest absolute Gasteiger partial charge is 0.469 e. The molecule has 6 heteroatoms. The minimum Gasteiger partial charge on any atom is -0.469 e. The number of hydrogen-bond donors (Lipinski definition) is 0. The van der Waals surface area contributed by atoms with Crippen LogP contribution in [0.2, 0.25) is 0 Å². The molecule has 0 atom stereocenters. The van der Waals surface area contributed by atoms with Crippen LogP contribution in [0.15, 0.2) is 6.33 Å². The number of rotatable bonds is 6. The molecule has 0 aromatic carbocycles. The summed E-state index contributed by atoms with van der Waals surface area (Å²) in [5, 5.41) is 4.00. The van der Waals surface area contributed by atoms with Gasteiger partial charge in [-0.25, -0.2) is 4.98 Å². The fourth-order valence-corrected chi connectivity index (χ4v) is 1.38. The Hall–Kier alpha value is -1.43. The summed E-state index contributed by atoms with van der Waals surface area (Å²) in [7, 11) is 5.27. The second-order valence-electron chi connectivity index (χ2n) is 3.72. The lowest BCUT2D eigenvalue weighted by Gasteiger charge is -2.15. The summed E-state index contributed by atoms with van der Waals surface area (Å²) in [6.07, 6.45) is 2.79. The highest BCUT2D eigenvalue weighted by atomic mass is 16.5. The number of methoxy groups -OCH3 is 1.